The molecule has 1 saturated heterocycles. The predicted molar refractivity (Wildman–Crippen MR) is 60.3 cm³/mol. The predicted octanol–water partition coefficient (Wildman–Crippen LogP) is 1.44. The maximum atomic E-state index is 11.6. The van der Waals surface area contributed by atoms with Crippen molar-refractivity contribution in [1.29, 1.82) is 0 Å². The molecule has 1 atom stereocenters. The van der Waals surface area contributed by atoms with Gasteiger partial charge in [-0.3, -0.25) is 4.79 Å². The molecule has 1 amide bonds. The molecule has 0 aromatic rings. The third kappa shape index (κ3) is 2.59. The van der Waals surface area contributed by atoms with Crippen LogP contribution in [0.4, 0.5) is 0 Å². The third-order valence-electron chi connectivity index (χ3n) is 3.43. The van der Waals surface area contributed by atoms with Gasteiger partial charge in [0.1, 0.15) is 0 Å². The summed E-state index contributed by atoms with van der Waals surface area (Å²) < 4.78 is 0. The van der Waals surface area contributed by atoms with Gasteiger partial charge in [0.05, 0.1) is 6.04 Å². The van der Waals surface area contributed by atoms with Crippen LogP contribution in [-0.2, 0) is 4.79 Å². The smallest absolute Gasteiger partial charge is 0.239 e. The number of hydrogen-bond donors (Lipinski definition) is 1. The summed E-state index contributed by atoms with van der Waals surface area (Å²) in [6.45, 7) is 1.73. The average molecular weight is 208 g/mol. The van der Waals surface area contributed by atoms with Crippen molar-refractivity contribution in [3.63, 3.8) is 0 Å². The van der Waals surface area contributed by atoms with Crippen LogP contribution in [-0.4, -0.2) is 29.9 Å². The number of carbonyl (C=O) groups excluding carboxylic acids is 1. The van der Waals surface area contributed by atoms with Crippen LogP contribution in [0.5, 0.6) is 0 Å². The molecule has 0 bridgehead atoms. The number of amides is 1. The fourth-order valence-corrected chi connectivity index (χ4v) is 2.40. The van der Waals surface area contributed by atoms with E-state index in [-0.39, 0.29) is 11.9 Å². The van der Waals surface area contributed by atoms with E-state index in [1.54, 1.807) is 0 Å². The summed E-state index contributed by atoms with van der Waals surface area (Å²) in [5.41, 5.74) is 7.21. The Morgan fingerprint density at radius 3 is 2.93 bits per heavy atom. The molecule has 2 rings (SSSR count). The molecule has 0 aromatic carbocycles. The number of carbonyl (C=O) groups is 1. The molecule has 1 heterocycles. The third-order valence-corrected chi connectivity index (χ3v) is 3.43. The van der Waals surface area contributed by atoms with E-state index < -0.39 is 0 Å². The van der Waals surface area contributed by atoms with E-state index in [2.05, 4.69) is 6.08 Å². The van der Waals surface area contributed by atoms with Gasteiger partial charge in [0.15, 0.2) is 0 Å². The first-order valence-corrected chi connectivity index (χ1v) is 5.99. The number of hydrogen-bond acceptors (Lipinski definition) is 2. The van der Waals surface area contributed by atoms with Crippen LogP contribution < -0.4 is 5.73 Å². The lowest BCUT2D eigenvalue weighted by molar-refractivity contribution is -0.128. The molecular formula is C12H20N2O. The van der Waals surface area contributed by atoms with Gasteiger partial charge in [-0.1, -0.05) is 11.6 Å². The fourth-order valence-electron chi connectivity index (χ4n) is 2.40. The van der Waals surface area contributed by atoms with Crippen LogP contribution in [0.15, 0.2) is 11.6 Å². The summed E-state index contributed by atoms with van der Waals surface area (Å²) >= 11 is 0. The van der Waals surface area contributed by atoms with E-state index in [0.717, 1.165) is 25.9 Å². The maximum Gasteiger partial charge on any atom is 0.239 e. The van der Waals surface area contributed by atoms with Crippen molar-refractivity contribution in [3.8, 4) is 0 Å². The first-order chi connectivity index (χ1) is 7.27. The van der Waals surface area contributed by atoms with Crippen LogP contribution in [0.2, 0.25) is 0 Å². The monoisotopic (exact) mass is 208 g/mol. The van der Waals surface area contributed by atoms with Gasteiger partial charge < -0.3 is 10.6 Å². The number of nitrogens with zero attached hydrogens (tertiary/aromatic N) is 1. The highest BCUT2D eigenvalue weighted by Gasteiger charge is 2.27. The highest BCUT2D eigenvalue weighted by Crippen LogP contribution is 2.21. The van der Waals surface area contributed by atoms with Crippen LogP contribution in [0.25, 0.3) is 0 Å². The highest BCUT2D eigenvalue weighted by molar-refractivity contribution is 5.83. The van der Waals surface area contributed by atoms with Gasteiger partial charge in [-0.2, -0.15) is 0 Å². The van der Waals surface area contributed by atoms with Crippen LogP contribution >= 0.6 is 0 Å². The topological polar surface area (TPSA) is 46.3 Å². The van der Waals surface area contributed by atoms with Gasteiger partial charge in [0.2, 0.25) is 5.91 Å². The van der Waals surface area contributed by atoms with Gasteiger partial charge in [-0.05, 0) is 38.5 Å². The van der Waals surface area contributed by atoms with E-state index in [0.29, 0.717) is 0 Å². The van der Waals surface area contributed by atoms with Crippen molar-refractivity contribution in [2.75, 3.05) is 13.1 Å². The Labute approximate surface area is 91.3 Å². The number of allylic oxidation sites excluding steroid dienone is 1. The van der Waals surface area contributed by atoms with Gasteiger partial charge >= 0.3 is 0 Å². The number of likely N-dealkylation sites (tertiary alicyclic amines) is 1. The van der Waals surface area contributed by atoms with Gasteiger partial charge in [-0.25, -0.2) is 0 Å². The SMILES string of the molecule is NC1CCN(CCC2=CCCCC2)C1=O. The first kappa shape index (κ1) is 10.7. The zero-order chi connectivity index (χ0) is 10.7. The summed E-state index contributed by atoms with van der Waals surface area (Å²) in [6, 6.07) is -0.231. The van der Waals surface area contributed by atoms with Crippen molar-refractivity contribution in [3.05, 3.63) is 11.6 Å². The van der Waals surface area contributed by atoms with E-state index in [9.17, 15) is 4.79 Å². The van der Waals surface area contributed by atoms with Gasteiger partial charge in [0, 0.05) is 13.1 Å². The molecule has 0 radical (unpaired) electrons. The first-order valence-electron chi connectivity index (χ1n) is 5.99. The van der Waals surface area contributed by atoms with E-state index in [4.69, 9.17) is 5.73 Å². The molecular weight excluding hydrogens is 188 g/mol. The second-order valence-electron chi connectivity index (χ2n) is 4.58. The Hall–Kier alpha value is -0.830. The largest absolute Gasteiger partial charge is 0.341 e. The molecule has 1 fully saturated rings. The van der Waals surface area contributed by atoms with E-state index in [1.807, 2.05) is 4.90 Å². The second kappa shape index (κ2) is 4.79. The molecule has 0 aromatic heterocycles. The summed E-state index contributed by atoms with van der Waals surface area (Å²) in [6.07, 6.45) is 9.34. The molecule has 1 unspecified atom stereocenters. The van der Waals surface area contributed by atoms with Crippen LogP contribution in [0.3, 0.4) is 0 Å². The summed E-state index contributed by atoms with van der Waals surface area (Å²) in [5, 5.41) is 0. The molecule has 2 N–H and O–H groups in total. The lowest BCUT2D eigenvalue weighted by Crippen LogP contribution is -2.34. The van der Waals surface area contributed by atoms with E-state index >= 15 is 0 Å². The zero-order valence-corrected chi connectivity index (χ0v) is 9.24. The van der Waals surface area contributed by atoms with Crippen molar-refractivity contribution in [2.24, 2.45) is 5.73 Å². The number of rotatable bonds is 3. The maximum absolute atomic E-state index is 11.6. The minimum absolute atomic E-state index is 0.145. The molecule has 0 spiro atoms. The van der Waals surface area contributed by atoms with Crippen LogP contribution in [0, 0.1) is 0 Å². The Morgan fingerprint density at radius 2 is 2.33 bits per heavy atom. The van der Waals surface area contributed by atoms with Gasteiger partial charge in [0.25, 0.3) is 0 Å². The minimum Gasteiger partial charge on any atom is -0.341 e. The van der Waals surface area contributed by atoms with Crippen molar-refractivity contribution in [1.82, 2.24) is 4.90 Å². The standard InChI is InChI=1S/C12H20N2O/c13-11-7-9-14(12(11)15)8-6-10-4-2-1-3-5-10/h4,11H,1-3,5-9,13H2. The molecule has 2 aliphatic rings. The second-order valence-corrected chi connectivity index (χ2v) is 4.58. The minimum atomic E-state index is -0.231. The zero-order valence-electron chi connectivity index (χ0n) is 9.24. The van der Waals surface area contributed by atoms with Gasteiger partial charge in [-0.15, -0.1) is 0 Å². The molecule has 84 valence electrons. The number of nitrogens with two attached hydrogens (primary N) is 1. The van der Waals surface area contributed by atoms with Crippen molar-refractivity contribution in [2.45, 2.75) is 44.6 Å². The molecule has 3 heteroatoms. The Morgan fingerprint density at radius 1 is 1.47 bits per heavy atom. The Balaban J connectivity index is 1.78. The lowest BCUT2D eigenvalue weighted by Gasteiger charge is -2.18. The summed E-state index contributed by atoms with van der Waals surface area (Å²) in [7, 11) is 0. The molecule has 1 aliphatic carbocycles. The molecule has 1 aliphatic heterocycles. The highest BCUT2D eigenvalue weighted by atomic mass is 16.2. The van der Waals surface area contributed by atoms with Crippen molar-refractivity contribution >= 4 is 5.91 Å². The molecule has 15 heavy (non-hydrogen) atoms. The Kier molecular flexibility index (Phi) is 3.41. The fraction of sp³-hybridized carbons (Fsp3) is 0.750. The average Bonchev–Trinajstić information content (AvgIpc) is 2.59. The summed E-state index contributed by atoms with van der Waals surface area (Å²) in [5.74, 6) is 0.145. The van der Waals surface area contributed by atoms with E-state index in [1.165, 1.54) is 31.3 Å². The molecule has 3 nitrogen and oxygen atoms in total. The van der Waals surface area contributed by atoms with Crippen LogP contribution in [0.1, 0.15) is 38.5 Å². The quantitative estimate of drug-likeness (QED) is 0.713. The molecule has 0 saturated carbocycles. The normalized spacial score (nSPS) is 27.0. The lowest BCUT2D eigenvalue weighted by atomic mass is 9.97. The summed E-state index contributed by atoms with van der Waals surface area (Å²) in [4.78, 5) is 13.5. The van der Waals surface area contributed by atoms with Crippen molar-refractivity contribution < 1.29 is 4.79 Å². The Bertz CT molecular complexity index is 273.